The van der Waals surface area contributed by atoms with Gasteiger partial charge in [0.1, 0.15) is 0 Å². The average molecular weight is 264 g/mol. The maximum Gasteiger partial charge on any atom is 0.248 e. The van der Waals surface area contributed by atoms with E-state index in [0.717, 1.165) is 0 Å². The molecular weight excluding hydrogens is 247 g/mol. The van der Waals surface area contributed by atoms with Gasteiger partial charge in [-0.05, 0) is 33.2 Å². The van der Waals surface area contributed by atoms with E-state index in [2.05, 4.69) is 0 Å². The molecule has 0 saturated heterocycles. The number of rotatable bonds is 3. The monoisotopic (exact) mass is 264 g/mol. The van der Waals surface area contributed by atoms with E-state index in [0.29, 0.717) is 10.9 Å². The van der Waals surface area contributed by atoms with Crippen LogP contribution in [0.25, 0.3) is 10.9 Å². The maximum absolute atomic E-state index is 13.6. The lowest BCUT2D eigenvalue weighted by atomic mass is 10.2. The van der Waals surface area contributed by atoms with Gasteiger partial charge < -0.3 is 4.74 Å². The Hall–Kier alpha value is -1.88. The number of halogens is 1. The fourth-order valence-corrected chi connectivity index (χ4v) is 1.91. The fourth-order valence-electron chi connectivity index (χ4n) is 1.91. The van der Waals surface area contributed by atoms with Crippen LogP contribution >= 0.6 is 0 Å². The van der Waals surface area contributed by atoms with Crippen molar-refractivity contribution in [1.29, 1.82) is 0 Å². The topological polar surface area (TPSA) is 34.5 Å². The van der Waals surface area contributed by atoms with Crippen LogP contribution in [0.2, 0.25) is 0 Å². The number of nitrogens with zero attached hydrogens (tertiary/aromatic N) is 2. The van der Waals surface area contributed by atoms with Gasteiger partial charge in [-0.1, -0.05) is 0 Å². The van der Waals surface area contributed by atoms with Crippen molar-refractivity contribution in [2.45, 2.75) is 13.0 Å². The van der Waals surface area contributed by atoms with Crippen LogP contribution in [0.1, 0.15) is 11.7 Å². The SMILES string of the molecule is COc1cc2c(ccn2C(=O)[C@@H](C)N(C)C)cc1F. The van der Waals surface area contributed by atoms with Crippen LogP contribution in [0.15, 0.2) is 24.4 Å². The zero-order chi connectivity index (χ0) is 14.2. The highest BCUT2D eigenvalue weighted by Gasteiger charge is 2.19. The van der Waals surface area contributed by atoms with Crippen molar-refractivity contribution < 1.29 is 13.9 Å². The maximum atomic E-state index is 13.6. The number of aromatic nitrogens is 1. The molecule has 2 aromatic rings. The van der Waals surface area contributed by atoms with Crippen LogP contribution in [-0.4, -0.2) is 42.6 Å². The number of methoxy groups -OCH3 is 1. The first-order valence-corrected chi connectivity index (χ1v) is 6.01. The highest BCUT2D eigenvalue weighted by molar-refractivity contribution is 5.95. The second-order valence-electron chi connectivity index (χ2n) is 4.71. The van der Waals surface area contributed by atoms with E-state index in [1.165, 1.54) is 17.7 Å². The minimum absolute atomic E-state index is 0.0614. The van der Waals surface area contributed by atoms with Gasteiger partial charge in [0.05, 0.1) is 18.7 Å². The molecule has 1 aromatic heterocycles. The summed E-state index contributed by atoms with van der Waals surface area (Å²) >= 11 is 0. The van der Waals surface area contributed by atoms with Gasteiger partial charge in [-0.25, -0.2) is 4.39 Å². The first kappa shape index (κ1) is 13.5. The standard InChI is InChI=1S/C14H17FN2O2/c1-9(16(2)3)14(18)17-6-5-10-7-11(15)13(19-4)8-12(10)17/h5-9H,1-4H3/t9-/m1/s1. The number of likely N-dealkylation sites (N-methyl/N-ethyl adjacent to an activating group) is 1. The summed E-state index contributed by atoms with van der Waals surface area (Å²) in [7, 11) is 5.09. The zero-order valence-corrected chi connectivity index (χ0v) is 11.5. The van der Waals surface area contributed by atoms with Crippen molar-refractivity contribution in [3.8, 4) is 5.75 Å². The number of carbonyl (C=O) groups is 1. The molecule has 0 amide bonds. The van der Waals surface area contributed by atoms with Gasteiger partial charge in [0.15, 0.2) is 11.6 Å². The molecule has 1 aromatic carbocycles. The van der Waals surface area contributed by atoms with Crippen molar-refractivity contribution in [1.82, 2.24) is 9.47 Å². The third-order valence-electron chi connectivity index (χ3n) is 3.33. The zero-order valence-electron chi connectivity index (χ0n) is 11.5. The predicted molar refractivity (Wildman–Crippen MR) is 72.2 cm³/mol. The van der Waals surface area contributed by atoms with E-state index in [-0.39, 0.29) is 17.7 Å². The molecule has 19 heavy (non-hydrogen) atoms. The van der Waals surface area contributed by atoms with Crippen LogP contribution < -0.4 is 4.74 Å². The highest BCUT2D eigenvalue weighted by atomic mass is 19.1. The largest absolute Gasteiger partial charge is 0.494 e. The van der Waals surface area contributed by atoms with Crippen LogP contribution in [0, 0.1) is 5.82 Å². The summed E-state index contributed by atoms with van der Waals surface area (Å²) in [6.07, 6.45) is 1.66. The molecule has 0 radical (unpaired) electrons. The summed E-state index contributed by atoms with van der Waals surface area (Å²) in [6.45, 7) is 1.83. The molecule has 0 spiro atoms. The Balaban J connectivity index is 2.53. The van der Waals surface area contributed by atoms with E-state index in [9.17, 15) is 9.18 Å². The van der Waals surface area contributed by atoms with Crippen molar-refractivity contribution in [3.05, 3.63) is 30.2 Å². The molecule has 1 heterocycles. The second kappa shape index (κ2) is 5.01. The summed E-state index contributed by atoms with van der Waals surface area (Å²) in [5, 5.41) is 0.678. The molecule has 1 atom stereocenters. The number of ether oxygens (including phenoxy) is 1. The average Bonchev–Trinajstić information content (AvgIpc) is 2.78. The van der Waals surface area contributed by atoms with E-state index in [1.807, 2.05) is 25.9 Å². The molecule has 5 heteroatoms. The third-order valence-corrected chi connectivity index (χ3v) is 3.33. The van der Waals surface area contributed by atoms with Gasteiger partial charge in [0.25, 0.3) is 0 Å². The summed E-state index contributed by atoms with van der Waals surface area (Å²) in [6, 6.07) is 4.38. The van der Waals surface area contributed by atoms with Gasteiger partial charge in [0.2, 0.25) is 5.91 Å². The van der Waals surface area contributed by atoms with E-state index in [4.69, 9.17) is 4.74 Å². The lowest BCUT2D eigenvalue weighted by Gasteiger charge is -2.19. The Morgan fingerprint density at radius 1 is 1.42 bits per heavy atom. The van der Waals surface area contributed by atoms with Gasteiger partial charge in [0, 0.05) is 17.6 Å². The molecule has 4 nitrogen and oxygen atoms in total. The number of benzene rings is 1. The van der Waals surface area contributed by atoms with Crippen LogP contribution in [-0.2, 0) is 0 Å². The number of carbonyl (C=O) groups excluding carboxylic acids is 1. The summed E-state index contributed by atoms with van der Waals surface area (Å²) < 4.78 is 20.1. The van der Waals surface area contributed by atoms with E-state index in [1.54, 1.807) is 18.3 Å². The van der Waals surface area contributed by atoms with E-state index >= 15 is 0 Å². The molecule has 0 saturated carbocycles. The first-order chi connectivity index (χ1) is 8.95. The molecule has 0 N–H and O–H groups in total. The van der Waals surface area contributed by atoms with Gasteiger partial charge in [-0.15, -0.1) is 0 Å². The van der Waals surface area contributed by atoms with Crippen molar-refractivity contribution in [2.75, 3.05) is 21.2 Å². The highest BCUT2D eigenvalue weighted by Crippen LogP contribution is 2.25. The third kappa shape index (κ3) is 2.33. The quantitative estimate of drug-likeness (QED) is 0.853. The van der Waals surface area contributed by atoms with Crippen LogP contribution in [0.5, 0.6) is 5.75 Å². The van der Waals surface area contributed by atoms with E-state index < -0.39 is 5.82 Å². The molecule has 102 valence electrons. The molecule has 0 aliphatic rings. The smallest absolute Gasteiger partial charge is 0.248 e. The fraction of sp³-hybridized carbons (Fsp3) is 0.357. The Morgan fingerprint density at radius 2 is 2.11 bits per heavy atom. The molecule has 0 aliphatic carbocycles. The predicted octanol–water partition coefficient (Wildman–Crippen LogP) is 2.38. The van der Waals surface area contributed by atoms with Crippen molar-refractivity contribution >= 4 is 16.8 Å². The summed E-state index contributed by atoms with van der Waals surface area (Å²) in [4.78, 5) is 14.2. The number of hydrogen-bond acceptors (Lipinski definition) is 3. The van der Waals surface area contributed by atoms with Gasteiger partial charge in [-0.2, -0.15) is 0 Å². The molecule has 0 unspecified atom stereocenters. The molecule has 0 fully saturated rings. The molecule has 2 rings (SSSR count). The Bertz CT molecular complexity index is 619. The minimum atomic E-state index is -0.430. The van der Waals surface area contributed by atoms with Gasteiger partial charge in [-0.3, -0.25) is 14.3 Å². The lowest BCUT2D eigenvalue weighted by Crippen LogP contribution is -2.36. The van der Waals surface area contributed by atoms with Crippen LogP contribution in [0.4, 0.5) is 4.39 Å². The summed E-state index contributed by atoms with van der Waals surface area (Å²) in [5.41, 5.74) is 0.650. The van der Waals surface area contributed by atoms with Crippen molar-refractivity contribution in [2.24, 2.45) is 0 Å². The Morgan fingerprint density at radius 3 is 2.68 bits per heavy atom. The molecular formula is C14H17FN2O2. The Kier molecular flexibility index (Phi) is 3.57. The Labute approximate surface area is 111 Å². The molecule has 0 bridgehead atoms. The lowest BCUT2D eigenvalue weighted by molar-refractivity contribution is 0.0809. The normalized spacial score (nSPS) is 12.9. The first-order valence-electron chi connectivity index (χ1n) is 6.01. The molecule has 0 aliphatic heterocycles. The second-order valence-corrected chi connectivity index (χ2v) is 4.71. The number of fused-ring (bicyclic) bond motifs is 1. The van der Waals surface area contributed by atoms with Crippen LogP contribution in [0.3, 0.4) is 0 Å². The minimum Gasteiger partial charge on any atom is -0.494 e. The van der Waals surface area contributed by atoms with Crippen molar-refractivity contribution in [3.63, 3.8) is 0 Å². The van der Waals surface area contributed by atoms with Gasteiger partial charge >= 0.3 is 0 Å². The summed E-state index contributed by atoms with van der Waals surface area (Å²) in [5.74, 6) is -0.354. The number of hydrogen-bond donors (Lipinski definition) is 0.